The second-order valence-electron chi connectivity index (χ2n) is 6.63. The number of nitrogens with zero attached hydrogens (tertiary/aromatic N) is 1. The molecule has 31 heavy (non-hydrogen) atoms. The number of furan rings is 1. The molecule has 0 spiro atoms. The van der Waals surface area contributed by atoms with Crippen LogP contribution in [0.2, 0.25) is 0 Å². The quantitative estimate of drug-likeness (QED) is 0.330. The van der Waals surface area contributed by atoms with Crippen molar-refractivity contribution in [3.8, 4) is 11.3 Å². The van der Waals surface area contributed by atoms with Crippen molar-refractivity contribution < 1.29 is 23.5 Å². The van der Waals surface area contributed by atoms with Crippen LogP contribution >= 0.6 is 27.7 Å². The fraction of sp³-hybridized carbons (Fsp3) is 0.0870. The van der Waals surface area contributed by atoms with E-state index in [1.165, 1.54) is 12.0 Å². The van der Waals surface area contributed by atoms with Crippen LogP contribution in [-0.2, 0) is 16.1 Å². The first kappa shape index (κ1) is 21.1. The second-order valence-corrected chi connectivity index (χ2v) is 8.48. The third kappa shape index (κ3) is 4.50. The summed E-state index contributed by atoms with van der Waals surface area (Å²) in [5, 5.41) is -0.322. The Kier molecular flexibility index (Phi) is 6.11. The summed E-state index contributed by atoms with van der Waals surface area (Å²) in [5.41, 5.74) is 2.06. The van der Waals surface area contributed by atoms with Crippen molar-refractivity contribution in [1.82, 2.24) is 4.90 Å². The van der Waals surface area contributed by atoms with E-state index < -0.39 is 5.97 Å². The SMILES string of the molecule is COC(=O)c1ccc(-c2ccc(/C=C3/SC(=O)N(Cc4ccccc4Br)C3=O)o2)cc1. The van der Waals surface area contributed by atoms with E-state index in [1.807, 2.05) is 24.3 Å². The lowest BCUT2D eigenvalue weighted by Crippen LogP contribution is -2.27. The van der Waals surface area contributed by atoms with Crippen LogP contribution in [0.1, 0.15) is 21.7 Å². The standard InChI is InChI=1S/C23H16BrNO5S/c1-29-22(27)15-8-6-14(7-9-15)19-11-10-17(30-19)12-20-21(26)25(23(28)31-20)13-16-4-2-3-5-18(16)24/h2-12H,13H2,1H3/b20-12+. The highest BCUT2D eigenvalue weighted by Gasteiger charge is 2.35. The van der Waals surface area contributed by atoms with Gasteiger partial charge in [0, 0.05) is 16.1 Å². The van der Waals surface area contributed by atoms with Gasteiger partial charge in [-0.1, -0.05) is 46.3 Å². The molecule has 2 amide bonds. The minimum atomic E-state index is -0.412. The van der Waals surface area contributed by atoms with Crippen LogP contribution in [-0.4, -0.2) is 29.1 Å². The van der Waals surface area contributed by atoms with Crippen LogP contribution in [0.25, 0.3) is 17.4 Å². The molecule has 156 valence electrons. The number of carbonyl (C=O) groups excluding carboxylic acids is 3. The molecule has 1 saturated heterocycles. The number of rotatable bonds is 5. The minimum Gasteiger partial charge on any atom is -0.465 e. The second kappa shape index (κ2) is 8.95. The Morgan fingerprint density at radius 2 is 1.84 bits per heavy atom. The van der Waals surface area contributed by atoms with Crippen LogP contribution in [0.15, 0.2) is 74.5 Å². The van der Waals surface area contributed by atoms with Gasteiger partial charge in [-0.2, -0.15) is 0 Å². The van der Waals surface area contributed by atoms with E-state index in [-0.39, 0.29) is 17.7 Å². The van der Waals surface area contributed by atoms with Gasteiger partial charge in [-0.3, -0.25) is 14.5 Å². The predicted molar refractivity (Wildman–Crippen MR) is 121 cm³/mol. The van der Waals surface area contributed by atoms with Gasteiger partial charge in [0.25, 0.3) is 11.1 Å². The number of halogens is 1. The molecule has 0 saturated carbocycles. The Morgan fingerprint density at radius 3 is 2.55 bits per heavy atom. The van der Waals surface area contributed by atoms with Crippen molar-refractivity contribution in [1.29, 1.82) is 0 Å². The van der Waals surface area contributed by atoms with Crippen LogP contribution < -0.4 is 0 Å². The van der Waals surface area contributed by atoms with E-state index in [0.29, 0.717) is 22.0 Å². The van der Waals surface area contributed by atoms with Crippen LogP contribution in [0.4, 0.5) is 4.79 Å². The molecule has 1 aliphatic rings. The van der Waals surface area contributed by atoms with E-state index in [1.54, 1.807) is 42.5 Å². The summed E-state index contributed by atoms with van der Waals surface area (Å²) in [6.45, 7) is 0.194. The van der Waals surface area contributed by atoms with Gasteiger partial charge < -0.3 is 9.15 Å². The van der Waals surface area contributed by atoms with Gasteiger partial charge in [-0.05, 0) is 47.7 Å². The van der Waals surface area contributed by atoms with Crippen molar-refractivity contribution in [3.05, 3.63) is 86.9 Å². The Bertz CT molecular complexity index is 1200. The summed E-state index contributed by atoms with van der Waals surface area (Å²) in [6.07, 6.45) is 1.57. The molecule has 1 aliphatic heterocycles. The molecule has 4 rings (SSSR count). The molecule has 2 heterocycles. The third-order valence-electron chi connectivity index (χ3n) is 4.65. The van der Waals surface area contributed by atoms with Gasteiger partial charge in [0.2, 0.25) is 0 Å². The Morgan fingerprint density at radius 1 is 1.10 bits per heavy atom. The number of carbonyl (C=O) groups is 3. The largest absolute Gasteiger partial charge is 0.465 e. The maximum atomic E-state index is 12.8. The molecule has 0 bridgehead atoms. The fourth-order valence-corrected chi connectivity index (χ4v) is 4.26. The zero-order chi connectivity index (χ0) is 22.0. The first-order chi connectivity index (χ1) is 15.0. The normalized spacial score (nSPS) is 15.0. The van der Waals surface area contributed by atoms with E-state index in [0.717, 1.165) is 27.4 Å². The van der Waals surface area contributed by atoms with Gasteiger partial charge in [0.1, 0.15) is 11.5 Å². The summed E-state index contributed by atoms with van der Waals surface area (Å²) in [4.78, 5) is 38.2. The number of ether oxygens (including phenoxy) is 1. The zero-order valence-electron chi connectivity index (χ0n) is 16.3. The molecule has 0 radical (unpaired) electrons. The minimum absolute atomic E-state index is 0.194. The molecule has 1 aromatic heterocycles. The summed E-state index contributed by atoms with van der Waals surface area (Å²) in [7, 11) is 1.33. The Hall–Kier alpha value is -3.10. The van der Waals surface area contributed by atoms with E-state index in [4.69, 9.17) is 9.15 Å². The zero-order valence-corrected chi connectivity index (χ0v) is 18.7. The molecule has 8 heteroatoms. The van der Waals surface area contributed by atoms with E-state index >= 15 is 0 Å². The summed E-state index contributed by atoms with van der Waals surface area (Å²) < 4.78 is 11.4. The number of esters is 1. The molecule has 0 atom stereocenters. The lowest BCUT2D eigenvalue weighted by molar-refractivity contribution is -0.123. The van der Waals surface area contributed by atoms with Crippen molar-refractivity contribution >= 4 is 50.9 Å². The van der Waals surface area contributed by atoms with Gasteiger partial charge in [0.15, 0.2) is 0 Å². The van der Waals surface area contributed by atoms with E-state index in [2.05, 4.69) is 15.9 Å². The highest BCUT2D eigenvalue weighted by Crippen LogP contribution is 2.35. The molecule has 0 N–H and O–H groups in total. The van der Waals surface area contributed by atoms with Crippen molar-refractivity contribution in [2.75, 3.05) is 7.11 Å². The topological polar surface area (TPSA) is 76.8 Å². The summed E-state index contributed by atoms with van der Waals surface area (Å²) in [6, 6.07) is 17.8. The molecule has 2 aromatic carbocycles. The molecule has 3 aromatic rings. The monoisotopic (exact) mass is 497 g/mol. The number of imide groups is 1. The number of thioether (sulfide) groups is 1. The average Bonchev–Trinajstić information content (AvgIpc) is 3.35. The van der Waals surface area contributed by atoms with Crippen LogP contribution in [0.5, 0.6) is 0 Å². The number of methoxy groups -OCH3 is 1. The Labute approximate surface area is 191 Å². The Balaban J connectivity index is 1.51. The molecule has 1 fully saturated rings. The molecular formula is C23H16BrNO5S. The van der Waals surface area contributed by atoms with Gasteiger partial charge >= 0.3 is 5.97 Å². The first-order valence-electron chi connectivity index (χ1n) is 9.23. The van der Waals surface area contributed by atoms with Crippen LogP contribution in [0, 0.1) is 0 Å². The predicted octanol–water partition coefficient (Wildman–Crippen LogP) is 5.73. The van der Waals surface area contributed by atoms with Gasteiger partial charge in [-0.25, -0.2) is 4.79 Å². The van der Waals surface area contributed by atoms with E-state index in [9.17, 15) is 14.4 Å². The smallest absolute Gasteiger partial charge is 0.337 e. The number of hydrogen-bond donors (Lipinski definition) is 0. The summed E-state index contributed by atoms with van der Waals surface area (Å²) in [5.74, 6) is 0.268. The maximum Gasteiger partial charge on any atom is 0.337 e. The third-order valence-corrected chi connectivity index (χ3v) is 6.33. The molecule has 0 aliphatic carbocycles. The lowest BCUT2D eigenvalue weighted by atomic mass is 10.1. The number of hydrogen-bond acceptors (Lipinski definition) is 6. The number of benzene rings is 2. The van der Waals surface area contributed by atoms with Crippen molar-refractivity contribution in [3.63, 3.8) is 0 Å². The maximum absolute atomic E-state index is 12.8. The summed E-state index contributed by atoms with van der Waals surface area (Å²) >= 11 is 4.33. The van der Waals surface area contributed by atoms with Crippen molar-refractivity contribution in [2.24, 2.45) is 0 Å². The van der Waals surface area contributed by atoms with Crippen LogP contribution in [0.3, 0.4) is 0 Å². The fourth-order valence-electron chi connectivity index (χ4n) is 3.04. The number of amides is 2. The lowest BCUT2D eigenvalue weighted by Gasteiger charge is -2.13. The van der Waals surface area contributed by atoms with Gasteiger partial charge in [0.05, 0.1) is 24.1 Å². The highest BCUT2D eigenvalue weighted by atomic mass is 79.9. The van der Waals surface area contributed by atoms with Crippen molar-refractivity contribution in [2.45, 2.75) is 6.54 Å². The van der Waals surface area contributed by atoms with Gasteiger partial charge in [-0.15, -0.1) is 0 Å². The highest BCUT2D eigenvalue weighted by molar-refractivity contribution is 9.10. The average molecular weight is 498 g/mol. The molecular weight excluding hydrogens is 482 g/mol. The molecule has 6 nitrogen and oxygen atoms in total. The first-order valence-corrected chi connectivity index (χ1v) is 10.8. The molecule has 0 unspecified atom stereocenters.